The van der Waals surface area contributed by atoms with Gasteiger partial charge in [-0.3, -0.25) is 0 Å². The summed E-state index contributed by atoms with van der Waals surface area (Å²) in [6.45, 7) is 2.67. The fraction of sp³-hybridized carbons (Fsp3) is 0.267. The molecule has 0 N–H and O–H groups in total. The largest absolute Gasteiger partial charge is 0.357 e. The summed E-state index contributed by atoms with van der Waals surface area (Å²) in [7, 11) is 1.97. The molecule has 1 aromatic carbocycles. The van der Waals surface area contributed by atoms with Crippen molar-refractivity contribution in [1.82, 2.24) is 19.7 Å². The van der Waals surface area contributed by atoms with E-state index >= 15 is 0 Å². The zero-order valence-electron chi connectivity index (χ0n) is 11.9. The molecule has 3 rings (SSSR count). The predicted octanol–water partition coefficient (Wildman–Crippen LogP) is 2.88. The molecule has 0 radical (unpaired) electrons. The van der Waals surface area contributed by atoms with Crippen molar-refractivity contribution in [2.75, 3.05) is 18.5 Å². The lowest BCUT2D eigenvalue weighted by atomic mass is 10.3. The van der Waals surface area contributed by atoms with Gasteiger partial charge in [-0.25, -0.2) is 14.6 Å². The number of anilines is 1. The molecule has 2 aromatic heterocycles. The number of benzene rings is 1. The lowest BCUT2D eigenvalue weighted by Gasteiger charge is -2.19. The average molecular weight is 302 g/mol. The van der Waals surface area contributed by atoms with Gasteiger partial charge in [-0.05, 0) is 19.1 Å². The Morgan fingerprint density at radius 3 is 2.71 bits per heavy atom. The van der Waals surface area contributed by atoms with Crippen LogP contribution in [0.3, 0.4) is 0 Å². The quantitative estimate of drug-likeness (QED) is 0.695. The summed E-state index contributed by atoms with van der Waals surface area (Å²) in [5.74, 6) is 0.842. The van der Waals surface area contributed by atoms with Crippen LogP contribution in [0.4, 0.5) is 5.82 Å². The molecule has 0 spiro atoms. The van der Waals surface area contributed by atoms with Gasteiger partial charge >= 0.3 is 0 Å². The van der Waals surface area contributed by atoms with Gasteiger partial charge in [0.25, 0.3) is 0 Å². The molecule has 0 aliphatic rings. The van der Waals surface area contributed by atoms with Crippen LogP contribution < -0.4 is 4.90 Å². The van der Waals surface area contributed by atoms with Crippen LogP contribution in [0.25, 0.3) is 16.7 Å². The molecule has 0 saturated carbocycles. The van der Waals surface area contributed by atoms with Crippen LogP contribution in [-0.2, 0) is 0 Å². The Balaban J connectivity index is 2.08. The minimum Gasteiger partial charge on any atom is -0.357 e. The van der Waals surface area contributed by atoms with Crippen molar-refractivity contribution in [3.63, 3.8) is 0 Å². The van der Waals surface area contributed by atoms with Gasteiger partial charge in [0, 0.05) is 19.0 Å². The second kappa shape index (κ2) is 5.69. The summed E-state index contributed by atoms with van der Waals surface area (Å²) in [4.78, 5) is 10.8. The van der Waals surface area contributed by atoms with Gasteiger partial charge < -0.3 is 4.90 Å². The Labute approximate surface area is 128 Å². The highest BCUT2D eigenvalue weighted by molar-refractivity contribution is 6.20. The molecular weight excluding hydrogens is 286 g/mol. The van der Waals surface area contributed by atoms with E-state index in [1.54, 1.807) is 12.5 Å². The molecule has 108 valence electrons. The number of hydrogen-bond acceptors (Lipinski definition) is 4. The third-order valence-corrected chi connectivity index (χ3v) is 3.37. The number of rotatable bonds is 4. The maximum Gasteiger partial charge on any atom is 0.168 e. The topological polar surface area (TPSA) is 46.8 Å². The third kappa shape index (κ3) is 2.69. The van der Waals surface area contributed by atoms with Crippen molar-refractivity contribution >= 4 is 28.5 Å². The minimum absolute atomic E-state index is 0.0455. The lowest BCUT2D eigenvalue weighted by Crippen LogP contribution is -2.25. The van der Waals surface area contributed by atoms with E-state index in [0.717, 1.165) is 22.5 Å². The number of halogens is 1. The SMILES string of the molecule is CC(Cl)CN(C)c1ncnc2c1cnn2-c1ccccc1. The Morgan fingerprint density at radius 2 is 2.00 bits per heavy atom. The summed E-state index contributed by atoms with van der Waals surface area (Å²) in [5, 5.41) is 5.41. The first kappa shape index (κ1) is 13.8. The van der Waals surface area contributed by atoms with E-state index in [1.165, 1.54) is 0 Å². The van der Waals surface area contributed by atoms with E-state index in [2.05, 4.69) is 15.1 Å². The van der Waals surface area contributed by atoms with Gasteiger partial charge in [-0.1, -0.05) is 18.2 Å². The van der Waals surface area contributed by atoms with Crippen molar-refractivity contribution in [2.24, 2.45) is 0 Å². The van der Waals surface area contributed by atoms with E-state index in [9.17, 15) is 0 Å². The molecule has 0 bridgehead atoms. The van der Waals surface area contributed by atoms with E-state index in [-0.39, 0.29) is 5.38 Å². The number of aromatic nitrogens is 4. The first-order valence-corrected chi connectivity index (χ1v) is 7.20. The Hall–Kier alpha value is -2.14. The summed E-state index contributed by atoms with van der Waals surface area (Å²) in [6, 6.07) is 9.93. The van der Waals surface area contributed by atoms with Crippen molar-refractivity contribution in [1.29, 1.82) is 0 Å². The second-order valence-electron chi connectivity index (χ2n) is 4.99. The number of hydrogen-bond donors (Lipinski definition) is 0. The van der Waals surface area contributed by atoms with Crippen LogP contribution in [0.5, 0.6) is 0 Å². The normalized spacial score (nSPS) is 12.5. The van der Waals surface area contributed by atoms with E-state index in [1.807, 2.05) is 53.9 Å². The zero-order valence-corrected chi connectivity index (χ0v) is 12.7. The maximum absolute atomic E-state index is 6.07. The highest BCUT2D eigenvalue weighted by Crippen LogP contribution is 2.24. The van der Waals surface area contributed by atoms with Gasteiger partial charge in [-0.2, -0.15) is 5.10 Å². The van der Waals surface area contributed by atoms with E-state index < -0.39 is 0 Å². The summed E-state index contributed by atoms with van der Waals surface area (Å²) in [6.07, 6.45) is 3.36. The summed E-state index contributed by atoms with van der Waals surface area (Å²) in [5.41, 5.74) is 1.77. The van der Waals surface area contributed by atoms with Crippen LogP contribution in [0.2, 0.25) is 0 Å². The fourth-order valence-corrected chi connectivity index (χ4v) is 2.56. The van der Waals surface area contributed by atoms with Crippen LogP contribution in [0, 0.1) is 0 Å². The smallest absolute Gasteiger partial charge is 0.168 e. The third-order valence-electron chi connectivity index (χ3n) is 3.23. The Kier molecular flexibility index (Phi) is 3.75. The zero-order chi connectivity index (χ0) is 14.8. The molecule has 0 saturated heterocycles. The second-order valence-corrected chi connectivity index (χ2v) is 5.73. The van der Waals surface area contributed by atoms with Crippen molar-refractivity contribution in [2.45, 2.75) is 12.3 Å². The first-order valence-electron chi connectivity index (χ1n) is 6.76. The molecule has 5 nitrogen and oxygen atoms in total. The molecule has 2 heterocycles. The maximum atomic E-state index is 6.07. The van der Waals surface area contributed by atoms with Gasteiger partial charge in [0.05, 0.1) is 17.3 Å². The average Bonchev–Trinajstić information content (AvgIpc) is 2.91. The van der Waals surface area contributed by atoms with Gasteiger partial charge in [-0.15, -0.1) is 11.6 Å². The molecule has 0 fully saturated rings. The van der Waals surface area contributed by atoms with E-state index in [4.69, 9.17) is 11.6 Å². The van der Waals surface area contributed by atoms with Gasteiger partial charge in [0.1, 0.15) is 12.1 Å². The fourth-order valence-electron chi connectivity index (χ4n) is 2.36. The highest BCUT2D eigenvalue weighted by Gasteiger charge is 2.14. The van der Waals surface area contributed by atoms with Crippen molar-refractivity contribution in [3.05, 3.63) is 42.9 Å². The van der Waals surface area contributed by atoms with Crippen LogP contribution in [0.15, 0.2) is 42.9 Å². The summed E-state index contributed by atoms with van der Waals surface area (Å²) >= 11 is 6.07. The first-order chi connectivity index (χ1) is 10.2. The molecular formula is C15H16ClN5. The van der Waals surface area contributed by atoms with Gasteiger partial charge in [0.15, 0.2) is 5.65 Å². The highest BCUT2D eigenvalue weighted by atomic mass is 35.5. The molecule has 1 atom stereocenters. The molecule has 6 heteroatoms. The molecule has 1 unspecified atom stereocenters. The van der Waals surface area contributed by atoms with Gasteiger partial charge in [0.2, 0.25) is 0 Å². The van der Waals surface area contributed by atoms with Crippen LogP contribution >= 0.6 is 11.6 Å². The van der Waals surface area contributed by atoms with Crippen LogP contribution in [-0.4, -0.2) is 38.7 Å². The lowest BCUT2D eigenvalue weighted by molar-refractivity contribution is 0.845. The van der Waals surface area contributed by atoms with Crippen LogP contribution in [0.1, 0.15) is 6.92 Å². The summed E-state index contributed by atoms with van der Waals surface area (Å²) < 4.78 is 1.82. The number of para-hydroxylation sites is 1. The standard InChI is InChI=1S/C15H16ClN5/c1-11(16)9-20(2)14-13-8-19-21(15(13)18-10-17-14)12-6-4-3-5-7-12/h3-8,10-11H,9H2,1-2H3. The molecule has 0 aliphatic carbocycles. The van der Waals surface area contributed by atoms with Crippen molar-refractivity contribution in [3.8, 4) is 5.69 Å². The van der Waals surface area contributed by atoms with Crippen molar-refractivity contribution < 1.29 is 0 Å². The molecule has 0 aliphatic heterocycles. The Morgan fingerprint density at radius 1 is 1.24 bits per heavy atom. The number of nitrogens with zero attached hydrogens (tertiary/aromatic N) is 5. The Bertz CT molecular complexity index is 738. The predicted molar refractivity (Wildman–Crippen MR) is 85.2 cm³/mol. The number of alkyl halides is 1. The molecule has 21 heavy (non-hydrogen) atoms. The number of fused-ring (bicyclic) bond motifs is 1. The monoisotopic (exact) mass is 301 g/mol. The van der Waals surface area contributed by atoms with E-state index in [0.29, 0.717) is 6.54 Å². The molecule has 0 amide bonds. The minimum atomic E-state index is 0.0455. The molecule has 3 aromatic rings.